The van der Waals surface area contributed by atoms with Crippen LogP contribution in [0.4, 0.5) is 4.39 Å². The van der Waals surface area contributed by atoms with E-state index in [4.69, 9.17) is 14.5 Å². The summed E-state index contributed by atoms with van der Waals surface area (Å²) in [4.78, 5) is 21.6. The Morgan fingerprint density at radius 1 is 1.05 bits per heavy atom. The van der Waals surface area contributed by atoms with E-state index < -0.39 is 0 Å². The van der Waals surface area contributed by atoms with Crippen molar-refractivity contribution in [3.05, 3.63) is 61.8 Å². The molecule has 1 amide bonds. The summed E-state index contributed by atoms with van der Waals surface area (Å²) in [5.74, 6) is 1.02. The quantitative estimate of drug-likeness (QED) is 0.211. The maximum atomic E-state index is 13.8. The number of thioether (sulfide) groups is 1. The summed E-state index contributed by atoms with van der Waals surface area (Å²) in [6.07, 6.45) is 13.6. The van der Waals surface area contributed by atoms with Gasteiger partial charge in [0.25, 0.3) is 5.91 Å². The molecular weight excluding hydrogens is 626 g/mol. The van der Waals surface area contributed by atoms with E-state index in [0.717, 1.165) is 45.5 Å². The van der Waals surface area contributed by atoms with Crippen molar-refractivity contribution in [3.63, 3.8) is 0 Å². The molecule has 3 fully saturated rings. The first-order valence-corrected chi connectivity index (χ1v) is 16.1. The van der Waals surface area contributed by atoms with E-state index in [2.05, 4.69) is 22.6 Å². The Hall–Kier alpha value is -2.07. The predicted molar refractivity (Wildman–Crippen MR) is 165 cm³/mol. The number of carbonyl (C=O) groups excluding carboxylic acids is 1. The zero-order valence-electron chi connectivity index (χ0n) is 22.5. The maximum absolute atomic E-state index is 13.8. The van der Waals surface area contributed by atoms with Gasteiger partial charge in [0.1, 0.15) is 12.4 Å². The van der Waals surface area contributed by atoms with E-state index in [1.807, 2.05) is 36.1 Å². The number of carbonyl (C=O) groups is 1. The van der Waals surface area contributed by atoms with Gasteiger partial charge >= 0.3 is 0 Å². The smallest absolute Gasteiger partial charge is 0.266 e. The number of nitrogens with zero attached hydrogens (tertiary/aromatic N) is 2. The number of hydrogen-bond donors (Lipinski definition) is 0. The standard InChI is InChI=1S/C31H36FIN2O3S/c1-2-37-27-18-22(17-26(33)29(27)38-20-21-10-9-11-23(32)16-21)19-28-30(36)35(25-14-7-4-8-15-25)31(39-28)34-24-12-5-3-6-13-24/h9-11,16-19,24-25H,2-8,12-15,20H2,1H3. The SMILES string of the molecule is CCOc1cc(C=C2SC(=NC3CCCCC3)N(C3CCCCC3)C2=O)cc(I)c1OCc1cccc(F)c1. The fourth-order valence-corrected chi connectivity index (χ4v) is 7.50. The molecule has 8 heteroatoms. The van der Waals surface area contributed by atoms with Gasteiger partial charge in [-0.25, -0.2) is 4.39 Å². The van der Waals surface area contributed by atoms with E-state index >= 15 is 0 Å². The topological polar surface area (TPSA) is 51.1 Å². The molecule has 1 saturated heterocycles. The van der Waals surface area contributed by atoms with Crippen LogP contribution >= 0.6 is 34.4 Å². The summed E-state index contributed by atoms with van der Waals surface area (Å²) in [6.45, 7) is 2.65. The van der Waals surface area contributed by atoms with Gasteiger partial charge in [-0.15, -0.1) is 0 Å². The molecule has 208 valence electrons. The van der Waals surface area contributed by atoms with Crippen LogP contribution < -0.4 is 9.47 Å². The number of ether oxygens (including phenoxy) is 2. The second-order valence-corrected chi connectivity index (χ2v) is 12.6. The lowest BCUT2D eigenvalue weighted by Gasteiger charge is -2.31. The lowest BCUT2D eigenvalue weighted by molar-refractivity contribution is -0.124. The summed E-state index contributed by atoms with van der Waals surface area (Å²) in [6, 6.07) is 10.9. The first-order chi connectivity index (χ1) is 19.0. The maximum Gasteiger partial charge on any atom is 0.266 e. The van der Waals surface area contributed by atoms with Crippen LogP contribution in [0.3, 0.4) is 0 Å². The first kappa shape index (κ1) is 28.5. The predicted octanol–water partition coefficient (Wildman–Crippen LogP) is 8.35. The molecule has 39 heavy (non-hydrogen) atoms. The molecule has 1 heterocycles. The molecule has 3 aliphatic rings. The molecule has 2 aliphatic carbocycles. The zero-order chi connectivity index (χ0) is 27.2. The van der Waals surface area contributed by atoms with Crippen LogP contribution in [0.5, 0.6) is 11.5 Å². The molecule has 5 nitrogen and oxygen atoms in total. The Bertz CT molecular complexity index is 1240. The van der Waals surface area contributed by atoms with Crippen LogP contribution in [0.25, 0.3) is 6.08 Å². The van der Waals surface area contributed by atoms with E-state index in [0.29, 0.717) is 29.1 Å². The van der Waals surface area contributed by atoms with Gasteiger partial charge in [0.15, 0.2) is 16.7 Å². The average Bonchev–Trinajstić information content (AvgIpc) is 3.23. The first-order valence-electron chi connectivity index (χ1n) is 14.2. The van der Waals surface area contributed by atoms with E-state index in [9.17, 15) is 9.18 Å². The number of hydrogen-bond acceptors (Lipinski definition) is 5. The van der Waals surface area contributed by atoms with Gasteiger partial charge in [0.05, 0.1) is 21.1 Å². The number of amides is 1. The third kappa shape index (κ3) is 7.17. The minimum atomic E-state index is -0.287. The molecule has 0 unspecified atom stereocenters. The van der Waals surface area contributed by atoms with Gasteiger partial charge in [0.2, 0.25) is 0 Å². The second-order valence-electron chi connectivity index (χ2n) is 10.5. The van der Waals surface area contributed by atoms with Crippen LogP contribution in [0.15, 0.2) is 46.3 Å². The molecule has 2 aromatic rings. The van der Waals surface area contributed by atoms with Crippen LogP contribution in [0.1, 0.15) is 82.3 Å². The summed E-state index contributed by atoms with van der Waals surface area (Å²) < 4.78 is 26.5. The van der Waals surface area contributed by atoms with Crippen molar-refractivity contribution in [2.75, 3.05) is 6.61 Å². The van der Waals surface area contributed by atoms with E-state index in [1.165, 1.54) is 62.4 Å². The van der Waals surface area contributed by atoms with Crippen molar-refractivity contribution in [2.24, 2.45) is 4.99 Å². The number of halogens is 2. The molecule has 0 bridgehead atoms. The summed E-state index contributed by atoms with van der Waals surface area (Å²) >= 11 is 3.76. The average molecular weight is 663 g/mol. The Morgan fingerprint density at radius 3 is 2.51 bits per heavy atom. The number of amidine groups is 1. The summed E-state index contributed by atoms with van der Waals surface area (Å²) in [5.41, 5.74) is 1.64. The fourth-order valence-electron chi connectivity index (χ4n) is 5.61. The lowest BCUT2D eigenvalue weighted by Crippen LogP contribution is -2.41. The number of rotatable bonds is 8. The molecule has 2 saturated carbocycles. The highest BCUT2D eigenvalue weighted by molar-refractivity contribution is 14.1. The lowest BCUT2D eigenvalue weighted by atomic mass is 9.94. The monoisotopic (exact) mass is 662 g/mol. The van der Waals surface area contributed by atoms with Crippen molar-refractivity contribution in [3.8, 4) is 11.5 Å². The Labute approximate surface area is 248 Å². The molecule has 5 rings (SSSR count). The highest BCUT2D eigenvalue weighted by Crippen LogP contribution is 2.40. The van der Waals surface area contributed by atoms with Gasteiger partial charge in [-0.2, -0.15) is 0 Å². The third-order valence-corrected chi connectivity index (χ3v) is 9.34. The molecule has 0 spiro atoms. The van der Waals surface area contributed by atoms with Crippen molar-refractivity contribution in [2.45, 2.75) is 89.8 Å². The van der Waals surface area contributed by atoms with Gasteiger partial charge in [-0.05, 0) is 108 Å². The molecule has 0 aromatic heterocycles. The van der Waals surface area contributed by atoms with Gasteiger partial charge in [-0.1, -0.05) is 50.7 Å². The van der Waals surface area contributed by atoms with Gasteiger partial charge < -0.3 is 9.47 Å². The van der Waals surface area contributed by atoms with Gasteiger partial charge in [0, 0.05) is 6.04 Å². The normalized spacial score (nSPS) is 21.2. The van der Waals surface area contributed by atoms with E-state index in [1.54, 1.807) is 6.07 Å². The molecular formula is C31H36FIN2O3S. The highest BCUT2D eigenvalue weighted by Gasteiger charge is 2.39. The largest absolute Gasteiger partial charge is 0.490 e. The van der Waals surface area contributed by atoms with Crippen LogP contribution in [0.2, 0.25) is 0 Å². The summed E-state index contributed by atoms with van der Waals surface area (Å²) in [5, 5.41) is 0.889. The fraction of sp³-hybridized carbons (Fsp3) is 0.484. The second kappa shape index (κ2) is 13.5. The van der Waals surface area contributed by atoms with Crippen LogP contribution in [-0.4, -0.2) is 34.7 Å². The van der Waals surface area contributed by atoms with Gasteiger partial charge in [-0.3, -0.25) is 14.7 Å². The minimum Gasteiger partial charge on any atom is -0.490 e. The van der Waals surface area contributed by atoms with E-state index in [-0.39, 0.29) is 24.4 Å². The third-order valence-electron chi connectivity index (χ3n) is 7.55. The molecule has 2 aromatic carbocycles. The van der Waals surface area contributed by atoms with Crippen LogP contribution in [-0.2, 0) is 11.4 Å². The highest BCUT2D eigenvalue weighted by atomic mass is 127. The zero-order valence-corrected chi connectivity index (χ0v) is 25.4. The van der Waals surface area contributed by atoms with Crippen molar-refractivity contribution >= 4 is 51.5 Å². The Kier molecular flexibility index (Phi) is 9.87. The molecule has 0 N–H and O–H groups in total. The molecule has 0 radical (unpaired) electrons. The van der Waals surface area contributed by atoms with Crippen molar-refractivity contribution in [1.82, 2.24) is 4.90 Å². The van der Waals surface area contributed by atoms with Crippen molar-refractivity contribution in [1.29, 1.82) is 0 Å². The number of benzene rings is 2. The Balaban J connectivity index is 1.41. The molecule has 0 atom stereocenters. The Morgan fingerprint density at radius 2 is 1.79 bits per heavy atom. The molecule has 1 aliphatic heterocycles. The minimum absolute atomic E-state index is 0.0702. The number of aliphatic imine (C=N–C) groups is 1. The van der Waals surface area contributed by atoms with Crippen LogP contribution in [0, 0.1) is 9.39 Å². The summed E-state index contributed by atoms with van der Waals surface area (Å²) in [7, 11) is 0. The van der Waals surface area contributed by atoms with Crippen molar-refractivity contribution < 1.29 is 18.7 Å².